The van der Waals surface area contributed by atoms with E-state index in [2.05, 4.69) is 17.2 Å². The van der Waals surface area contributed by atoms with Crippen molar-refractivity contribution < 1.29 is 14.3 Å². The van der Waals surface area contributed by atoms with Gasteiger partial charge in [-0.2, -0.15) is 0 Å². The number of hydrogen-bond acceptors (Lipinski definition) is 4. The lowest BCUT2D eigenvalue weighted by Crippen LogP contribution is -2.51. The molecule has 1 spiro atoms. The molecular weight excluding hydrogens is 258 g/mol. The van der Waals surface area contributed by atoms with Crippen LogP contribution < -0.4 is 10.6 Å². The summed E-state index contributed by atoms with van der Waals surface area (Å²) in [5.74, 6) is -0.142. The Morgan fingerprint density at radius 1 is 1.45 bits per heavy atom. The molecule has 0 atom stereocenters. The van der Waals surface area contributed by atoms with E-state index in [-0.39, 0.29) is 18.5 Å². The molecule has 20 heavy (non-hydrogen) atoms. The molecule has 2 saturated heterocycles. The Labute approximate surface area is 119 Å². The maximum absolute atomic E-state index is 12.5. The zero-order valence-corrected chi connectivity index (χ0v) is 12.2. The van der Waals surface area contributed by atoms with Crippen molar-refractivity contribution in [2.75, 3.05) is 26.3 Å². The molecule has 0 unspecified atom stereocenters. The molecule has 2 fully saturated rings. The van der Waals surface area contributed by atoms with Crippen molar-refractivity contribution in [2.24, 2.45) is 0 Å². The lowest BCUT2D eigenvalue weighted by Gasteiger charge is -2.30. The lowest BCUT2D eigenvalue weighted by molar-refractivity contribution is -0.134. The van der Waals surface area contributed by atoms with Crippen molar-refractivity contribution in [1.29, 1.82) is 0 Å². The van der Waals surface area contributed by atoms with Crippen LogP contribution in [-0.4, -0.2) is 54.7 Å². The number of nitrogens with zero attached hydrogens (tertiary/aromatic N) is 1. The first-order valence-corrected chi connectivity index (χ1v) is 7.06. The van der Waals surface area contributed by atoms with E-state index in [0.717, 1.165) is 5.57 Å². The van der Waals surface area contributed by atoms with Crippen molar-refractivity contribution >= 4 is 11.9 Å². The summed E-state index contributed by atoms with van der Waals surface area (Å²) in [6, 6.07) is 0.0271. The predicted octanol–water partition coefficient (Wildman–Crippen LogP) is 0.642. The molecule has 0 aliphatic carbocycles. The molecule has 0 aromatic heterocycles. The van der Waals surface area contributed by atoms with Crippen molar-refractivity contribution in [3.05, 3.63) is 12.2 Å². The van der Waals surface area contributed by atoms with Crippen molar-refractivity contribution in [2.45, 2.75) is 38.3 Å². The van der Waals surface area contributed by atoms with Crippen LogP contribution in [0.5, 0.6) is 0 Å². The van der Waals surface area contributed by atoms with Crippen LogP contribution in [0.1, 0.15) is 26.7 Å². The zero-order chi connectivity index (χ0) is 14.8. The van der Waals surface area contributed by atoms with Crippen LogP contribution in [0.25, 0.3) is 0 Å². The van der Waals surface area contributed by atoms with Crippen molar-refractivity contribution in [3.63, 3.8) is 0 Å². The van der Waals surface area contributed by atoms with E-state index in [4.69, 9.17) is 4.74 Å². The Kier molecular flexibility index (Phi) is 4.45. The molecule has 2 heterocycles. The SMILES string of the molecule is C=C(CNC(C)C)CN1C(=O)NC2(CCOCC2)C1=O. The molecule has 2 N–H and O–H groups in total. The molecule has 6 nitrogen and oxygen atoms in total. The number of hydrogen-bond donors (Lipinski definition) is 2. The molecule has 2 aliphatic rings. The first-order chi connectivity index (χ1) is 9.44. The van der Waals surface area contributed by atoms with Gasteiger partial charge in [0.25, 0.3) is 5.91 Å². The summed E-state index contributed by atoms with van der Waals surface area (Å²) >= 11 is 0. The first kappa shape index (κ1) is 15.0. The highest BCUT2D eigenvalue weighted by atomic mass is 16.5. The number of carbonyl (C=O) groups is 2. The molecule has 6 heteroatoms. The normalized spacial score (nSPS) is 21.6. The van der Waals surface area contributed by atoms with E-state index in [9.17, 15) is 9.59 Å². The van der Waals surface area contributed by atoms with Gasteiger partial charge in [-0.15, -0.1) is 0 Å². The summed E-state index contributed by atoms with van der Waals surface area (Å²) < 4.78 is 5.27. The van der Waals surface area contributed by atoms with Crippen LogP contribution in [0.15, 0.2) is 12.2 Å². The first-order valence-electron chi connectivity index (χ1n) is 7.06. The molecule has 0 saturated carbocycles. The molecule has 3 amide bonds. The standard InChI is InChI=1S/C14H23N3O3/c1-10(2)15-8-11(3)9-17-12(18)14(16-13(17)19)4-6-20-7-5-14/h10,15H,3-9H2,1-2H3,(H,16,19). The van der Waals surface area contributed by atoms with Crippen LogP contribution in [-0.2, 0) is 9.53 Å². The molecule has 2 rings (SSSR count). The second kappa shape index (κ2) is 5.93. The van der Waals surface area contributed by atoms with Crippen LogP contribution in [0.4, 0.5) is 4.79 Å². The second-order valence-electron chi connectivity index (χ2n) is 5.80. The molecule has 0 aromatic carbocycles. The van der Waals surface area contributed by atoms with Gasteiger partial charge in [0.2, 0.25) is 0 Å². The molecule has 2 aliphatic heterocycles. The van der Waals surface area contributed by atoms with Crippen LogP contribution in [0, 0.1) is 0 Å². The average Bonchev–Trinajstić information content (AvgIpc) is 2.62. The third kappa shape index (κ3) is 3.02. The molecule has 0 bridgehead atoms. The van der Waals surface area contributed by atoms with E-state index >= 15 is 0 Å². The lowest BCUT2D eigenvalue weighted by atomic mass is 9.90. The quantitative estimate of drug-likeness (QED) is 0.573. The summed E-state index contributed by atoms with van der Waals surface area (Å²) in [4.78, 5) is 25.8. The fourth-order valence-corrected chi connectivity index (χ4v) is 2.51. The van der Waals surface area contributed by atoms with Crippen LogP contribution in [0.3, 0.4) is 0 Å². The number of imide groups is 1. The predicted molar refractivity (Wildman–Crippen MR) is 75.3 cm³/mol. The maximum atomic E-state index is 12.5. The summed E-state index contributed by atoms with van der Waals surface area (Å²) in [6.07, 6.45) is 1.09. The average molecular weight is 281 g/mol. The van der Waals surface area contributed by atoms with E-state index < -0.39 is 5.54 Å². The Bertz CT molecular complexity index is 414. The highest BCUT2D eigenvalue weighted by Crippen LogP contribution is 2.28. The summed E-state index contributed by atoms with van der Waals surface area (Å²) in [7, 11) is 0. The van der Waals surface area contributed by atoms with Crippen LogP contribution >= 0.6 is 0 Å². The van der Waals surface area contributed by atoms with E-state index in [1.807, 2.05) is 13.8 Å². The van der Waals surface area contributed by atoms with Gasteiger partial charge in [0.15, 0.2) is 0 Å². The monoisotopic (exact) mass is 281 g/mol. The maximum Gasteiger partial charge on any atom is 0.325 e. The van der Waals surface area contributed by atoms with E-state index in [1.54, 1.807) is 0 Å². The summed E-state index contributed by atoms with van der Waals surface area (Å²) in [5.41, 5.74) is 0.0764. The van der Waals surface area contributed by atoms with Gasteiger partial charge in [0, 0.05) is 38.6 Å². The van der Waals surface area contributed by atoms with Gasteiger partial charge in [-0.05, 0) is 5.57 Å². The van der Waals surface area contributed by atoms with E-state index in [0.29, 0.717) is 38.6 Å². The van der Waals surface area contributed by atoms with Gasteiger partial charge in [-0.3, -0.25) is 9.69 Å². The minimum Gasteiger partial charge on any atom is -0.381 e. The Hall–Kier alpha value is -1.40. The summed E-state index contributed by atoms with van der Waals surface area (Å²) in [5, 5.41) is 6.07. The molecule has 0 aromatic rings. The minimum absolute atomic E-state index is 0.142. The van der Waals surface area contributed by atoms with Gasteiger partial charge in [-0.1, -0.05) is 20.4 Å². The molecule has 0 radical (unpaired) electrons. The number of amides is 3. The Morgan fingerprint density at radius 3 is 2.70 bits per heavy atom. The minimum atomic E-state index is -0.749. The number of nitrogens with one attached hydrogen (secondary N) is 2. The number of urea groups is 1. The number of ether oxygens (including phenoxy) is 1. The van der Waals surface area contributed by atoms with Gasteiger partial charge in [0.1, 0.15) is 5.54 Å². The number of carbonyl (C=O) groups excluding carboxylic acids is 2. The largest absolute Gasteiger partial charge is 0.381 e. The Morgan fingerprint density at radius 2 is 2.10 bits per heavy atom. The van der Waals surface area contributed by atoms with Crippen molar-refractivity contribution in [1.82, 2.24) is 15.5 Å². The zero-order valence-electron chi connectivity index (χ0n) is 12.2. The Balaban J connectivity index is 1.97. The smallest absolute Gasteiger partial charge is 0.325 e. The highest BCUT2D eigenvalue weighted by Gasteiger charge is 2.51. The highest BCUT2D eigenvalue weighted by molar-refractivity contribution is 6.07. The van der Waals surface area contributed by atoms with Gasteiger partial charge >= 0.3 is 6.03 Å². The fourth-order valence-electron chi connectivity index (χ4n) is 2.51. The topological polar surface area (TPSA) is 70.7 Å². The van der Waals surface area contributed by atoms with Gasteiger partial charge in [-0.25, -0.2) is 4.79 Å². The summed E-state index contributed by atoms with van der Waals surface area (Å²) in [6.45, 7) is 9.90. The molecular formula is C14H23N3O3. The number of rotatable bonds is 5. The van der Waals surface area contributed by atoms with Crippen molar-refractivity contribution in [3.8, 4) is 0 Å². The van der Waals surface area contributed by atoms with E-state index in [1.165, 1.54) is 4.90 Å². The molecule has 112 valence electrons. The fraction of sp³-hybridized carbons (Fsp3) is 0.714. The van der Waals surface area contributed by atoms with Crippen LogP contribution in [0.2, 0.25) is 0 Å². The second-order valence-corrected chi connectivity index (χ2v) is 5.80. The third-order valence-corrected chi connectivity index (χ3v) is 3.73. The third-order valence-electron chi connectivity index (χ3n) is 3.73. The van der Waals surface area contributed by atoms with Gasteiger partial charge < -0.3 is 15.4 Å². The van der Waals surface area contributed by atoms with Gasteiger partial charge in [0.05, 0.1) is 6.54 Å².